The smallest absolute Gasteiger partial charge is 0.247 e. The van der Waals surface area contributed by atoms with Crippen molar-refractivity contribution in [3.05, 3.63) is 57.6 Å². The molecule has 0 fully saturated rings. The average molecular weight is 325 g/mol. The molecule has 0 radical (unpaired) electrons. The molecule has 0 aliphatic carbocycles. The Bertz CT molecular complexity index is 738. The number of carbonyl (C=O) groups excluding carboxylic acids is 1. The van der Waals surface area contributed by atoms with Gasteiger partial charge >= 0.3 is 0 Å². The Hall–Kier alpha value is -2.45. The quantitative estimate of drug-likeness (QED) is 0.786. The number of hydrogen-bond donors (Lipinski definition) is 0. The van der Waals surface area contributed by atoms with E-state index in [1.54, 1.807) is 40.5 Å². The molecule has 1 aromatic carbocycles. The normalized spacial score (nSPS) is 10.9. The number of thiazole rings is 1. The lowest BCUT2D eigenvalue weighted by Crippen LogP contribution is -2.35. The van der Waals surface area contributed by atoms with Crippen LogP contribution >= 0.6 is 11.3 Å². The van der Waals surface area contributed by atoms with E-state index in [0.29, 0.717) is 12.1 Å². The zero-order valence-corrected chi connectivity index (χ0v) is 14.3. The van der Waals surface area contributed by atoms with Gasteiger partial charge in [0, 0.05) is 24.0 Å². The van der Waals surface area contributed by atoms with Gasteiger partial charge in [-0.2, -0.15) is 5.26 Å². The molecule has 0 unspecified atom stereocenters. The minimum atomic E-state index is -0.0463. The van der Waals surface area contributed by atoms with Crippen molar-refractivity contribution in [2.24, 2.45) is 0 Å². The van der Waals surface area contributed by atoms with E-state index in [1.165, 1.54) is 0 Å². The Morgan fingerprint density at radius 2 is 2.09 bits per heavy atom. The van der Waals surface area contributed by atoms with Crippen molar-refractivity contribution in [2.45, 2.75) is 33.4 Å². The maximum atomic E-state index is 12.5. The van der Waals surface area contributed by atoms with Gasteiger partial charge in [0.05, 0.1) is 22.3 Å². The number of amides is 1. The SMILES string of the molecule is Cc1nc(/C=C/C(=O)N(Cc2ccc(C#N)cc2)C(C)C)cs1. The Labute approximate surface area is 140 Å². The number of nitriles is 1. The molecule has 4 nitrogen and oxygen atoms in total. The molecule has 0 saturated carbocycles. The molecule has 0 aliphatic heterocycles. The van der Waals surface area contributed by atoms with Crippen LogP contribution in [0.25, 0.3) is 6.08 Å². The van der Waals surface area contributed by atoms with E-state index in [2.05, 4.69) is 11.1 Å². The Kier molecular flexibility index (Phi) is 5.67. The van der Waals surface area contributed by atoms with Crippen LogP contribution in [0.4, 0.5) is 0 Å². The van der Waals surface area contributed by atoms with Gasteiger partial charge in [0.15, 0.2) is 0 Å². The minimum Gasteiger partial charge on any atom is -0.332 e. The van der Waals surface area contributed by atoms with E-state index in [1.807, 2.05) is 38.3 Å². The van der Waals surface area contributed by atoms with Gasteiger partial charge < -0.3 is 4.90 Å². The molecular formula is C18H19N3OS. The summed E-state index contributed by atoms with van der Waals surface area (Å²) in [5.41, 5.74) is 2.43. The molecule has 1 amide bonds. The second-order valence-electron chi connectivity index (χ2n) is 5.49. The van der Waals surface area contributed by atoms with Crippen LogP contribution in [0.1, 0.15) is 35.7 Å². The molecule has 2 aromatic rings. The summed E-state index contributed by atoms with van der Waals surface area (Å²) in [6.45, 7) is 6.43. The van der Waals surface area contributed by atoms with Crippen molar-refractivity contribution in [1.29, 1.82) is 5.26 Å². The van der Waals surface area contributed by atoms with Gasteiger partial charge in [0.2, 0.25) is 5.91 Å². The molecular weight excluding hydrogens is 306 g/mol. The van der Waals surface area contributed by atoms with Crippen LogP contribution in [0, 0.1) is 18.3 Å². The highest BCUT2D eigenvalue weighted by Gasteiger charge is 2.15. The molecule has 0 aliphatic rings. The number of hydrogen-bond acceptors (Lipinski definition) is 4. The fraction of sp³-hybridized carbons (Fsp3) is 0.278. The summed E-state index contributed by atoms with van der Waals surface area (Å²) < 4.78 is 0. The number of carbonyl (C=O) groups is 1. The number of nitrogens with zero attached hydrogens (tertiary/aromatic N) is 3. The van der Waals surface area contributed by atoms with E-state index in [9.17, 15) is 4.79 Å². The zero-order chi connectivity index (χ0) is 16.8. The molecule has 1 aromatic heterocycles. The first kappa shape index (κ1) is 16.9. The third-order valence-corrected chi connectivity index (χ3v) is 4.17. The van der Waals surface area contributed by atoms with Crippen LogP contribution in [-0.2, 0) is 11.3 Å². The van der Waals surface area contributed by atoms with E-state index in [-0.39, 0.29) is 11.9 Å². The second kappa shape index (κ2) is 7.70. The minimum absolute atomic E-state index is 0.0463. The van der Waals surface area contributed by atoms with Crippen LogP contribution in [0.2, 0.25) is 0 Å². The number of aromatic nitrogens is 1. The fourth-order valence-corrected chi connectivity index (χ4v) is 2.69. The second-order valence-corrected chi connectivity index (χ2v) is 6.56. The summed E-state index contributed by atoms with van der Waals surface area (Å²) in [6.07, 6.45) is 3.32. The highest BCUT2D eigenvalue weighted by molar-refractivity contribution is 7.09. The van der Waals surface area contributed by atoms with Crippen LogP contribution in [0.5, 0.6) is 0 Å². The van der Waals surface area contributed by atoms with Crippen LogP contribution in [0.15, 0.2) is 35.7 Å². The largest absolute Gasteiger partial charge is 0.332 e. The third-order valence-electron chi connectivity index (χ3n) is 3.38. The highest BCUT2D eigenvalue weighted by Crippen LogP contribution is 2.13. The molecule has 0 atom stereocenters. The Balaban J connectivity index is 2.09. The summed E-state index contributed by atoms with van der Waals surface area (Å²) in [4.78, 5) is 18.6. The average Bonchev–Trinajstić information content (AvgIpc) is 2.96. The number of aryl methyl sites for hydroxylation is 1. The summed E-state index contributed by atoms with van der Waals surface area (Å²) in [5.74, 6) is -0.0463. The summed E-state index contributed by atoms with van der Waals surface area (Å²) in [6, 6.07) is 9.49. The van der Waals surface area contributed by atoms with E-state index >= 15 is 0 Å². The third kappa shape index (κ3) is 4.76. The predicted octanol–water partition coefficient (Wildman–Crippen LogP) is 3.77. The van der Waals surface area contributed by atoms with Gasteiger partial charge in [0.25, 0.3) is 0 Å². The van der Waals surface area contributed by atoms with E-state index in [0.717, 1.165) is 16.3 Å². The van der Waals surface area contributed by atoms with Crippen molar-refractivity contribution >= 4 is 23.3 Å². The summed E-state index contributed by atoms with van der Waals surface area (Å²) >= 11 is 1.56. The molecule has 118 valence electrons. The van der Waals surface area contributed by atoms with Crippen molar-refractivity contribution < 1.29 is 4.79 Å². The van der Waals surface area contributed by atoms with Gasteiger partial charge in [0.1, 0.15) is 0 Å². The first-order chi connectivity index (χ1) is 11.0. The van der Waals surface area contributed by atoms with Gasteiger partial charge in [-0.25, -0.2) is 4.98 Å². The van der Waals surface area contributed by atoms with Crippen molar-refractivity contribution in [1.82, 2.24) is 9.88 Å². The molecule has 2 rings (SSSR count). The first-order valence-corrected chi connectivity index (χ1v) is 8.27. The maximum absolute atomic E-state index is 12.5. The number of rotatable bonds is 5. The fourth-order valence-electron chi connectivity index (χ4n) is 2.11. The topological polar surface area (TPSA) is 57.0 Å². The molecule has 0 N–H and O–H groups in total. The van der Waals surface area contributed by atoms with Crippen LogP contribution < -0.4 is 0 Å². The van der Waals surface area contributed by atoms with E-state index < -0.39 is 0 Å². The summed E-state index contributed by atoms with van der Waals surface area (Å²) in [7, 11) is 0. The van der Waals surface area contributed by atoms with E-state index in [4.69, 9.17) is 5.26 Å². The van der Waals surface area contributed by atoms with Crippen LogP contribution in [-0.4, -0.2) is 21.8 Å². The lowest BCUT2D eigenvalue weighted by Gasteiger charge is -2.25. The number of benzene rings is 1. The van der Waals surface area contributed by atoms with Gasteiger partial charge in [-0.1, -0.05) is 12.1 Å². The molecule has 0 spiro atoms. The van der Waals surface area contributed by atoms with Crippen molar-refractivity contribution in [3.8, 4) is 6.07 Å². The van der Waals surface area contributed by atoms with Gasteiger partial charge in [-0.3, -0.25) is 4.79 Å². The zero-order valence-electron chi connectivity index (χ0n) is 13.5. The molecule has 0 bridgehead atoms. The molecule has 0 saturated heterocycles. The summed E-state index contributed by atoms with van der Waals surface area (Å²) in [5, 5.41) is 11.7. The lowest BCUT2D eigenvalue weighted by molar-refractivity contribution is -0.128. The highest BCUT2D eigenvalue weighted by atomic mass is 32.1. The van der Waals surface area contributed by atoms with Gasteiger partial charge in [-0.05, 0) is 44.5 Å². The van der Waals surface area contributed by atoms with Crippen LogP contribution in [0.3, 0.4) is 0 Å². The molecule has 5 heteroatoms. The predicted molar refractivity (Wildman–Crippen MR) is 92.7 cm³/mol. The van der Waals surface area contributed by atoms with Gasteiger partial charge in [-0.15, -0.1) is 11.3 Å². The van der Waals surface area contributed by atoms with Crippen molar-refractivity contribution in [3.63, 3.8) is 0 Å². The molecule has 23 heavy (non-hydrogen) atoms. The monoisotopic (exact) mass is 325 g/mol. The first-order valence-electron chi connectivity index (χ1n) is 7.39. The van der Waals surface area contributed by atoms with Crippen molar-refractivity contribution in [2.75, 3.05) is 0 Å². The maximum Gasteiger partial charge on any atom is 0.247 e. The Morgan fingerprint density at radius 1 is 1.39 bits per heavy atom. The standard InChI is InChI=1S/C18H19N3OS/c1-13(2)21(11-16-6-4-15(10-19)5-7-16)18(22)9-8-17-12-23-14(3)20-17/h4-9,12-13H,11H2,1-3H3/b9-8+. The lowest BCUT2D eigenvalue weighted by atomic mass is 10.1. The Morgan fingerprint density at radius 3 is 2.61 bits per heavy atom. The molecule has 1 heterocycles.